The minimum absolute atomic E-state index is 0.175. The predicted octanol–water partition coefficient (Wildman–Crippen LogP) is 4.43. The van der Waals surface area contributed by atoms with E-state index >= 15 is 0 Å². The van der Waals surface area contributed by atoms with Crippen LogP contribution in [0, 0.1) is 0 Å². The van der Waals surface area contributed by atoms with Crippen molar-refractivity contribution < 1.29 is 4.42 Å². The maximum Gasteiger partial charge on any atom is 0.169 e. The van der Waals surface area contributed by atoms with Crippen molar-refractivity contribution in [1.29, 1.82) is 0 Å². The first-order valence-electron chi connectivity index (χ1n) is 3.70. The standard InChI is InChI=1S/C9H6BrClOS/c10-8-4-3-6(12-8)9(11)7-2-1-5-13-7/h1-5,9H. The average molecular weight is 278 g/mol. The highest BCUT2D eigenvalue weighted by molar-refractivity contribution is 9.10. The molecule has 2 aromatic heterocycles. The summed E-state index contributed by atoms with van der Waals surface area (Å²) in [5.74, 6) is 0.774. The summed E-state index contributed by atoms with van der Waals surface area (Å²) in [5, 5.41) is 1.83. The van der Waals surface area contributed by atoms with Crippen LogP contribution in [0.2, 0.25) is 0 Å². The van der Waals surface area contributed by atoms with Crippen LogP contribution < -0.4 is 0 Å². The molecule has 0 saturated heterocycles. The molecule has 0 radical (unpaired) electrons. The van der Waals surface area contributed by atoms with Crippen molar-refractivity contribution in [3.8, 4) is 0 Å². The summed E-state index contributed by atoms with van der Waals surface area (Å²) in [4.78, 5) is 1.10. The van der Waals surface area contributed by atoms with E-state index in [0.29, 0.717) is 4.67 Å². The lowest BCUT2D eigenvalue weighted by molar-refractivity contribution is 0.495. The van der Waals surface area contributed by atoms with Crippen molar-refractivity contribution in [2.24, 2.45) is 0 Å². The average Bonchev–Trinajstić information content (AvgIpc) is 2.72. The topological polar surface area (TPSA) is 13.1 Å². The Kier molecular flexibility index (Phi) is 2.77. The number of furan rings is 1. The Hall–Kier alpha value is -0.250. The zero-order valence-electron chi connectivity index (χ0n) is 6.54. The molecule has 1 unspecified atom stereocenters. The van der Waals surface area contributed by atoms with E-state index in [1.807, 2.05) is 29.6 Å². The van der Waals surface area contributed by atoms with Gasteiger partial charge in [-0.2, -0.15) is 0 Å². The van der Waals surface area contributed by atoms with Gasteiger partial charge in [-0.25, -0.2) is 0 Å². The molecular formula is C9H6BrClOS. The van der Waals surface area contributed by atoms with Gasteiger partial charge in [0.05, 0.1) is 0 Å². The highest BCUT2D eigenvalue weighted by Crippen LogP contribution is 2.33. The Labute approximate surface area is 93.5 Å². The van der Waals surface area contributed by atoms with Gasteiger partial charge in [0.15, 0.2) is 4.67 Å². The molecule has 4 heteroatoms. The second-order valence-electron chi connectivity index (χ2n) is 2.52. The van der Waals surface area contributed by atoms with Crippen molar-refractivity contribution >= 4 is 38.9 Å². The van der Waals surface area contributed by atoms with Crippen LogP contribution in [0.4, 0.5) is 0 Å². The summed E-state index contributed by atoms with van der Waals surface area (Å²) in [6.07, 6.45) is 0. The summed E-state index contributed by atoms with van der Waals surface area (Å²) in [6.45, 7) is 0. The fraction of sp³-hybridized carbons (Fsp3) is 0.111. The third-order valence-corrected chi connectivity index (χ3v) is 3.58. The van der Waals surface area contributed by atoms with Gasteiger partial charge in [0.1, 0.15) is 11.1 Å². The quantitative estimate of drug-likeness (QED) is 0.740. The first-order valence-corrected chi connectivity index (χ1v) is 5.81. The Balaban J connectivity index is 2.28. The molecule has 1 nitrogen and oxygen atoms in total. The van der Waals surface area contributed by atoms with Crippen LogP contribution in [0.5, 0.6) is 0 Å². The van der Waals surface area contributed by atoms with E-state index in [0.717, 1.165) is 10.6 Å². The minimum atomic E-state index is -0.175. The number of halogens is 2. The van der Waals surface area contributed by atoms with Gasteiger partial charge in [-0.05, 0) is 39.5 Å². The summed E-state index contributed by atoms with van der Waals surface area (Å²) >= 11 is 11.1. The molecule has 1 atom stereocenters. The second-order valence-corrected chi connectivity index (χ2v) is 4.72. The van der Waals surface area contributed by atoms with E-state index in [2.05, 4.69) is 15.9 Å². The maximum absolute atomic E-state index is 6.18. The minimum Gasteiger partial charge on any atom is -0.452 e. The molecule has 2 rings (SSSR count). The molecule has 13 heavy (non-hydrogen) atoms. The molecule has 0 spiro atoms. The second kappa shape index (κ2) is 3.86. The van der Waals surface area contributed by atoms with Crippen LogP contribution in [0.25, 0.3) is 0 Å². The van der Waals surface area contributed by atoms with E-state index < -0.39 is 0 Å². The number of rotatable bonds is 2. The van der Waals surface area contributed by atoms with Crippen molar-refractivity contribution in [2.75, 3.05) is 0 Å². The van der Waals surface area contributed by atoms with Gasteiger partial charge in [-0.15, -0.1) is 22.9 Å². The zero-order chi connectivity index (χ0) is 9.26. The highest BCUT2D eigenvalue weighted by atomic mass is 79.9. The fourth-order valence-corrected chi connectivity index (χ4v) is 2.41. The third-order valence-electron chi connectivity index (χ3n) is 1.64. The molecule has 68 valence electrons. The van der Waals surface area contributed by atoms with Crippen molar-refractivity contribution in [3.05, 3.63) is 45.0 Å². The predicted molar refractivity (Wildman–Crippen MR) is 58.4 cm³/mol. The van der Waals surface area contributed by atoms with Crippen LogP contribution in [0.15, 0.2) is 38.7 Å². The van der Waals surface area contributed by atoms with Gasteiger partial charge in [-0.3, -0.25) is 0 Å². The van der Waals surface area contributed by atoms with E-state index in [1.54, 1.807) is 11.3 Å². The molecule has 0 aliphatic rings. The number of hydrogen-bond acceptors (Lipinski definition) is 2. The van der Waals surface area contributed by atoms with Crippen molar-refractivity contribution in [3.63, 3.8) is 0 Å². The lowest BCUT2D eigenvalue weighted by Gasteiger charge is -2.01. The number of alkyl halides is 1. The van der Waals surface area contributed by atoms with Gasteiger partial charge in [0.2, 0.25) is 0 Å². The molecule has 2 heterocycles. The molecule has 0 saturated carbocycles. The Bertz CT molecular complexity index is 382. The molecular weight excluding hydrogens is 272 g/mol. The smallest absolute Gasteiger partial charge is 0.169 e. The summed E-state index contributed by atoms with van der Waals surface area (Å²) in [7, 11) is 0. The molecule has 0 aliphatic heterocycles. The van der Waals surface area contributed by atoms with Crippen molar-refractivity contribution in [2.45, 2.75) is 5.38 Å². The highest BCUT2D eigenvalue weighted by Gasteiger charge is 2.15. The molecule has 0 amide bonds. The largest absolute Gasteiger partial charge is 0.452 e. The first-order chi connectivity index (χ1) is 6.27. The number of thiophene rings is 1. The van der Waals surface area contributed by atoms with Crippen LogP contribution in [-0.4, -0.2) is 0 Å². The third kappa shape index (κ3) is 1.98. The van der Waals surface area contributed by atoms with Gasteiger partial charge in [-0.1, -0.05) is 6.07 Å². The summed E-state index contributed by atoms with van der Waals surface area (Å²) in [6, 6.07) is 7.70. The van der Waals surface area contributed by atoms with Gasteiger partial charge < -0.3 is 4.42 Å². The molecule has 0 aliphatic carbocycles. The summed E-state index contributed by atoms with van der Waals surface area (Å²) < 4.78 is 6.07. The van der Waals surface area contributed by atoms with Gasteiger partial charge >= 0.3 is 0 Å². The molecule has 0 bridgehead atoms. The Morgan fingerprint density at radius 2 is 2.23 bits per heavy atom. The molecule has 0 aromatic carbocycles. The zero-order valence-corrected chi connectivity index (χ0v) is 9.69. The lowest BCUT2D eigenvalue weighted by atomic mass is 10.3. The summed E-state index contributed by atoms with van der Waals surface area (Å²) in [5.41, 5.74) is 0. The van der Waals surface area contributed by atoms with Crippen molar-refractivity contribution in [1.82, 2.24) is 0 Å². The van der Waals surface area contributed by atoms with E-state index in [4.69, 9.17) is 16.0 Å². The van der Waals surface area contributed by atoms with Crippen LogP contribution in [0.1, 0.15) is 16.0 Å². The Morgan fingerprint density at radius 1 is 1.38 bits per heavy atom. The molecule has 2 aromatic rings. The van der Waals surface area contributed by atoms with Gasteiger partial charge in [0, 0.05) is 4.88 Å². The molecule has 0 fully saturated rings. The SMILES string of the molecule is ClC(c1ccc(Br)o1)c1cccs1. The van der Waals surface area contributed by atoms with Crippen LogP contribution in [0.3, 0.4) is 0 Å². The lowest BCUT2D eigenvalue weighted by Crippen LogP contribution is -1.85. The van der Waals surface area contributed by atoms with E-state index in [9.17, 15) is 0 Å². The van der Waals surface area contributed by atoms with Gasteiger partial charge in [0.25, 0.3) is 0 Å². The molecule has 0 N–H and O–H groups in total. The fourth-order valence-electron chi connectivity index (χ4n) is 1.04. The maximum atomic E-state index is 6.18. The van der Waals surface area contributed by atoms with E-state index in [-0.39, 0.29) is 5.38 Å². The van der Waals surface area contributed by atoms with Crippen LogP contribution >= 0.6 is 38.9 Å². The Morgan fingerprint density at radius 3 is 2.77 bits per heavy atom. The first kappa shape index (κ1) is 9.31. The monoisotopic (exact) mass is 276 g/mol. The normalized spacial score (nSPS) is 13.1. The van der Waals surface area contributed by atoms with E-state index in [1.165, 1.54) is 0 Å². The van der Waals surface area contributed by atoms with Crippen LogP contribution in [-0.2, 0) is 0 Å². The number of hydrogen-bond donors (Lipinski definition) is 0.